The van der Waals surface area contributed by atoms with E-state index in [4.69, 9.17) is 10.1 Å². The first-order valence-corrected chi connectivity index (χ1v) is 12.9. The molecule has 1 amide bonds. The van der Waals surface area contributed by atoms with Crippen LogP contribution in [0.3, 0.4) is 0 Å². The molecule has 0 spiro atoms. The second-order valence-corrected chi connectivity index (χ2v) is 10.7. The standard InChI is InChI=1S/C25H39N7OS/c1-8-31(9-2)15-11-14-26-20(33)17-30(7)24-29-32-22(28-25(4,5)6)21(27-23(32)34-24)19-13-10-12-18(3)16-19/h10,12-13,16,28H,8-9,11,14-15,17H2,1-7H3,(H,26,33). The fourth-order valence-electron chi connectivity index (χ4n) is 3.76. The third-order valence-corrected chi connectivity index (χ3v) is 6.58. The van der Waals surface area contributed by atoms with Gasteiger partial charge in [-0.2, -0.15) is 4.52 Å². The Balaban J connectivity index is 1.73. The first kappa shape index (κ1) is 26.0. The minimum atomic E-state index is -0.158. The summed E-state index contributed by atoms with van der Waals surface area (Å²) in [5.41, 5.74) is 2.97. The van der Waals surface area contributed by atoms with Crippen LogP contribution in [-0.4, -0.2) is 70.7 Å². The van der Waals surface area contributed by atoms with Crippen LogP contribution in [0.5, 0.6) is 0 Å². The normalized spacial score (nSPS) is 11.9. The maximum atomic E-state index is 12.5. The molecule has 34 heavy (non-hydrogen) atoms. The average molecular weight is 486 g/mol. The minimum absolute atomic E-state index is 0.00313. The van der Waals surface area contributed by atoms with Gasteiger partial charge in [0, 0.05) is 24.7 Å². The number of fused-ring (bicyclic) bond motifs is 1. The van der Waals surface area contributed by atoms with E-state index in [1.807, 2.05) is 22.5 Å². The molecule has 2 aromatic heterocycles. The van der Waals surface area contributed by atoms with Crippen molar-refractivity contribution in [2.75, 3.05) is 50.0 Å². The Morgan fingerprint density at radius 1 is 1.21 bits per heavy atom. The van der Waals surface area contributed by atoms with Crippen molar-refractivity contribution in [3.05, 3.63) is 29.8 Å². The number of hydrogen-bond acceptors (Lipinski definition) is 7. The number of nitrogens with zero attached hydrogens (tertiary/aromatic N) is 5. The molecular weight excluding hydrogens is 446 g/mol. The Labute approximate surface area is 207 Å². The highest BCUT2D eigenvalue weighted by atomic mass is 32.1. The second-order valence-electron chi connectivity index (χ2n) is 9.72. The number of imidazole rings is 1. The lowest BCUT2D eigenvalue weighted by molar-refractivity contribution is -0.119. The van der Waals surface area contributed by atoms with E-state index in [1.54, 1.807) is 0 Å². The average Bonchev–Trinajstić information content (AvgIpc) is 3.32. The topological polar surface area (TPSA) is 77.8 Å². The van der Waals surface area contributed by atoms with Crippen molar-refractivity contribution in [2.45, 2.75) is 53.5 Å². The molecule has 0 aliphatic carbocycles. The molecule has 2 heterocycles. The van der Waals surface area contributed by atoms with E-state index >= 15 is 0 Å². The van der Waals surface area contributed by atoms with E-state index < -0.39 is 0 Å². The van der Waals surface area contributed by atoms with Gasteiger partial charge in [-0.3, -0.25) is 4.79 Å². The van der Waals surface area contributed by atoms with Crippen LogP contribution < -0.4 is 15.5 Å². The van der Waals surface area contributed by atoms with Crippen LogP contribution in [0.2, 0.25) is 0 Å². The van der Waals surface area contributed by atoms with Gasteiger partial charge in [-0.25, -0.2) is 4.98 Å². The zero-order chi connectivity index (χ0) is 24.9. The van der Waals surface area contributed by atoms with Crippen LogP contribution >= 0.6 is 11.3 Å². The summed E-state index contributed by atoms with van der Waals surface area (Å²) in [6, 6.07) is 8.34. The number of benzene rings is 1. The van der Waals surface area contributed by atoms with Crippen molar-refractivity contribution in [2.24, 2.45) is 0 Å². The summed E-state index contributed by atoms with van der Waals surface area (Å²) >= 11 is 1.49. The largest absolute Gasteiger partial charge is 0.364 e. The van der Waals surface area contributed by atoms with Crippen molar-refractivity contribution in [3.8, 4) is 11.3 Å². The lowest BCUT2D eigenvalue weighted by atomic mass is 10.1. The van der Waals surface area contributed by atoms with E-state index in [-0.39, 0.29) is 18.0 Å². The van der Waals surface area contributed by atoms with Gasteiger partial charge in [0.2, 0.25) is 16.0 Å². The highest BCUT2D eigenvalue weighted by Crippen LogP contribution is 2.34. The molecule has 0 bridgehead atoms. The predicted molar refractivity (Wildman–Crippen MR) is 143 cm³/mol. The quantitative estimate of drug-likeness (QED) is 0.395. The zero-order valence-corrected chi connectivity index (χ0v) is 22.4. The Morgan fingerprint density at radius 2 is 1.94 bits per heavy atom. The van der Waals surface area contributed by atoms with Crippen molar-refractivity contribution in [1.82, 2.24) is 24.8 Å². The Hall–Kier alpha value is -2.65. The van der Waals surface area contributed by atoms with E-state index in [1.165, 1.54) is 16.9 Å². The van der Waals surface area contributed by atoms with Crippen molar-refractivity contribution in [1.29, 1.82) is 0 Å². The molecule has 0 aliphatic heterocycles. The number of carbonyl (C=O) groups is 1. The van der Waals surface area contributed by atoms with Crippen LogP contribution in [0.15, 0.2) is 24.3 Å². The highest BCUT2D eigenvalue weighted by molar-refractivity contribution is 7.20. The molecule has 186 valence electrons. The van der Waals surface area contributed by atoms with Gasteiger partial charge in [0.25, 0.3) is 0 Å². The number of aryl methyl sites for hydroxylation is 1. The predicted octanol–water partition coefficient (Wildman–Crippen LogP) is 4.26. The summed E-state index contributed by atoms with van der Waals surface area (Å²) in [4.78, 5) is 22.4. The van der Waals surface area contributed by atoms with E-state index in [0.717, 1.165) is 53.2 Å². The molecule has 9 heteroatoms. The highest BCUT2D eigenvalue weighted by Gasteiger charge is 2.23. The first-order chi connectivity index (χ1) is 16.1. The Kier molecular flexibility index (Phi) is 8.54. The van der Waals surface area contributed by atoms with Crippen molar-refractivity contribution in [3.63, 3.8) is 0 Å². The molecule has 1 aromatic carbocycles. The molecule has 0 radical (unpaired) electrons. The third-order valence-electron chi connectivity index (χ3n) is 5.55. The summed E-state index contributed by atoms with van der Waals surface area (Å²) in [5.74, 6) is 0.869. The number of anilines is 2. The fraction of sp³-hybridized carbons (Fsp3) is 0.560. The summed E-state index contributed by atoms with van der Waals surface area (Å²) in [6.07, 6.45) is 0.950. The van der Waals surface area contributed by atoms with Crippen LogP contribution in [0, 0.1) is 6.92 Å². The van der Waals surface area contributed by atoms with Crippen LogP contribution in [0.4, 0.5) is 10.9 Å². The van der Waals surface area contributed by atoms with Crippen LogP contribution in [0.25, 0.3) is 16.2 Å². The van der Waals surface area contributed by atoms with E-state index in [0.29, 0.717) is 6.54 Å². The molecule has 3 aromatic rings. The number of nitrogens with one attached hydrogen (secondary N) is 2. The molecule has 0 saturated carbocycles. The number of aromatic nitrogens is 3. The fourth-order valence-corrected chi connectivity index (χ4v) is 4.62. The maximum Gasteiger partial charge on any atom is 0.239 e. The number of likely N-dealkylation sites (N-methyl/N-ethyl adjacent to an activating group) is 1. The van der Waals surface area contributed by atoms with E-state index in [2.05, 4.69) is 75.3 Å². The monoisotopic (exact) mass is 485 g/mol. The van der Waals surface area contributed by atoms with Crippen molar-refractivity contribution >= 4 is 33.2 Å². The van der Waals surface area contributed by atoms with Crippen LogP contribution in [-0.2, 0) is 4.79 Å². The van der Waals surface area contributed by atoms with Gasteiger partial charge in [0.15, 0.2) is 5.82 Å². The van der Waals surface area contributed by atoms with Gasteiger partial charge in [-0.1, -0.05) is 48.9 Å². The van der Waals surface area contributed by atoms with Gasteiger partial charge in [-0.05, 0) is 59.8 Å². The second kappa shape index (κ2) is 11.2. The lowest BCUT2D eigenvalue weighted by Gasteiger charge is -2.22. The summed E-state index contributed by atoms with van der Waals surface area (Å²) in [6.45, 7) is 16.8. The van der Waals surface area contributed by atoms with Crippen molar-refractivity contribution < 1.29 is 4.79 Å². The molecule has 0 fully saturated rings. The molecule has 2 N–H and O–H groups in total. The number of rotatable bonds is 11. The van der Waals surface area contributed by atoms with Gasteiger partial charge in [0.1, 0.15) is 5.69 Å². The molecular formula is C25H39N7OS. The number of amides is 1. The number of hydrogen-bond donors (Lipinski definition) is 2. The first-order valence-electron chi connectivity index (χ1n) is 12.1. The molecule has 0 unspecified atom stereocenters. The Morgan fingerprint density at radius 3 is 2.59 bits per heavy atom. The van der Waals surface area contributed by atoms with Gasteiger partial charge in [0.05, 0.1) is 6.54 Å². The minimum Gasteiger partial charge on any atom is -0.364 e. The molecule has 3 rings (SSSR count). The van der Waals surface area contributed by atoms with Crippen LogP contribution in [0.1, 0.15) is 46.6 Å². The smallest absolute Gasteiger partial charge is 0.239 e. The third kappa shape index (κ3) is 6.70. The maximum absolute atomic E-state index is 12.5. The lowest BCUT2D eigenvalue weighted by Crippen LogP contribution is -2.36. The molecule has 0 atom stereocenters. The number of carbonyl (C=O) groups excluding carboxylic acids is 1. The molecule has 8 nitrogen and oxygen atoms in total. The molecule has 0 saturated heterocycles. The summed E-state index contributed by atoms with van der Waals surface area (Å²) in [5, 5.41) is 12.2. The zero-order valence-electron chi connectivity index (χ0n) is 21.6. The molecule has 0 aliphatic rings. The SMILES string of the molecule is CCN(CC)CCCNC(=O)CN(C)c1nn2c(NC(C)(C)C)c(-c3cccc(C)c3)nc2s1. The van der Waals surface area contributed by atoms with E-state index in [9.17, 15) is 4.79 Å². The Bertz CT molecular complexity index is 1090. The van der Waals surface area contributed by atoms with Gasteiger partial charge < -0.3 is 20.4 Å². The van der Waals surface area contributed by atoms with Gasteiger partial charge in [-0.15, -0.1) is 5.10 Å². The summed E-state index contributed by atoms with van der Waals surface area (Å²) < 4.78 is 1.86. The summed E-state index contributed by atoms with van der Waals surface area (Å²) in [7, 11) is 1.89. The van der Waals surface area contributed by atoms with Gasteiger partial charge >= 0.3 is 0 Å².